The molecule has 1 N–H and O–H groups in total. The molecule has 1 fully saturated rings. The predicted octanol–water partition coefficient (Wildman–Crippen LogP) is 2.47. The average molecular weight is 348 g/mol. The molecule has 0 bridgehead atoms. The van der Waals surface area contributed by atoms with E-state index in [9.17, 15) is 9.59 Å². The molecular weight excluding hydrogens is 328 g/mol. The fraction of sp³-hybridized carbons (Fsp3) is 0.250. The van der Waals surface area contributed by atoms with E-state index in [1.54, 1.807) is 9.80 Å². The lowest BCUT2D eigenvalue weighted by atomic mass is 10.1. The van der Waals surface area contributed by atoms with Crippen molar-refractivity contribution in [2.75, 3.05) is 26.2 Å². The van der Waals surface area contributed by atoms with Crippen LogP contribution in [0.2, 0.25) is 0 Å². The molecule has 1 aliphatic rings. The molecule has 132 valence electrons. The van der Waals surface area contributed by atoms with Crippen molar-refractivity contribution in [3.8, 4) is 0 Å². The molecule has 6 nitrogen and oxygen atoms in total. The Labute approximate surface area is 151 Å². The van der Waals surface area contributed by atoms with E-state index in [1.165, 1.54) is 0 Å². The van der Waals surface area contributed by atoms with E-state index in [0.29, 0.717) is 37.3 Å². The maximum atomic E-state index is 12.8. The Morgan fingerprint density at radius 3 is 2.15 bits per heavy atom. The van der Waals surface area contributed by atoms with Crippen molar-refractivity contribution in [1.82, 2.24) is 19.8 Å². The number of carbonyl (C=O) groups is 2. The van der Waals surface area contributed by atoms with Gasteiger partial charge in [0.15, 0.2) is 0 Å². The third kappa shape index (κ3) is 3.06. The van der Waals surface area contributed by atoms with Gasteiger partial charge in [0.2, 0.25) is 0 Å². The largest absolute Gasteiger partial charge is 0.342 e. The minimum Gasteiger partial charge on any atom is -0.342 e. The molecule has 1 saturated heterocycles. The van der Waals surface area contributed by atoms with Gasteiger partial charge in [-0.2, -0.15) is 0 Å². The van der Waals surface area contributed by atoms with Crippen molar-refractivity contribution in [3.05, 3.63) is 65.5 Å². The Balaban J connectivity index is 1.43. The standard InChI is InChI=1S/C20H20N4O2/c1-14-21-17-8-7-16(13-18(17)22-14)20(26)24-11-9-23(10-12-24)19(25)15-5-3-2-4-6-15/h2-8,13H,9-12H2,1H3,(H,21,22). The summed E-state index contributed by atoms with van der Waals surface area (Å²) in [5.41, 5.74) is 3.06. The molecule has 0 aliphatic carbocycles. The lowest BCUT2D eigenvalue weighted by Gasteiger charge is -2.34. The van der Waals surface area contributed by atoms with E-state index in [4.69, 9.17) is 0 Å². The van der Waals surface area contributed by atoms with E-state index in [2.05, 4.69) is 9.97 Å². The van der Waals surface area contributed by atoms with Crippen molar-refractivity contribution >= 4 is 22.8 Å². The number of H-pyrrole nitrogens is 1. The molecule has 0 saturated carbocycles. The van der Waals surface area contributed by atoms with Crippen LogP contribution in [0.4, 0.5) is 0 Å². The maximum absolute atomic E-state index is 12.8. The van der Waals surface area contributed by atoms with Gasteiger partial charge in [0, 0.05) is 37.3 Å². The van der Waals surface area contributed by atoms with Crippen LogP contribution in [0.1, 0.15) is 26.5 Å². The molecule has 0 spiro atoms. The van der Waals surface area contributed by atoms with Gasteiger partial charge in [-0.25, -0.2) is 4.98 Å². The van der Waals surface area contributed by atoms with Crippen LogP contribution in [0.5, 0.6) is 0 Å². The molecule has 6 heteroatoms. The molecule has 2 heterocycles. The normalized spacial score (nSPS) is 14.7. The summed E-state index contributed by atoms with van der Waals surface area (Å²) in [6, 6.07) is 14.8. The van der Waals surface area contributed by atoms with Gasteiger partial charge in [-0.3, -0.25) is 9.59 Å². The molecule has 3 aromatic rings. The zero-order valence-electron chi connectivity index (χ0n) is 14.6. The second kappa shape index (κ2) is 6.63. The fourth-order valence-electron chi connectivity index (χ4n) is 3.33. The molecule has 0 unspecified atom stereocenters. The number of hydrogen-bond acceptors (Lipinski definition) is 3. The average Bonchev–Trinajstić information content (AvgIpc) is 3.07. The Bertz CT molecular complexity index is 956. The predicted molar refractivity (Wildman–Crippen MR) is 99.1 cm³/mol. The summed E-state index contributed by atoms with van der Waals surface area (Å²) in [5.74, 6) is 0.843. The van der Waals surface area contributed by atoms with Crippen molar-refractivity contribution < 1.29 is 9.59 Å². The fourth-order valence-corrected chi connectivity index (χ4v) is 3.33. The van der Waals surface area contributed by atoms with Crippen LogP contribution in [0.25, 0.3) is 11.0 Å². The summed E-state index contributed by atoms with van der Waals surface area (Å²) in [6.07, 6.45) is 0. The summed E-state index contributed by atoms with van der Waals surface area (Å²) in [7, 11) is 0. The number of carbonyl (C=O) groups excluding carboxylic acids is 2. The number of rotatable bonds is 2. The first kappa shape index (κ1) is 16.3. The summed E-state index contributed by atoms with van der Waals surface area (Å²) >= 11 is 0. The van der Waals surface area contributed by atoms with E-state index >= 15 is 0 Å². The lowest BCUT2D eigenvalue weighted by molar-refractivity contribution is 0.0535. The molecule has 0 radical (unpaired) electrons. The number of nitrogens with one attached hydrogen (secondary N) is 1. The third-order valence-electron chi connectivity index (χ3n) is 4.72. The van der Waals surface area contributed by atoms with Crippen LogP contribution in [-0.2, 0) is 0 Å². The maximum Gasteiger partial charge on any atom is 0.254 e. The van der Waals surface area contributed by atoms with E-state index in [1.807, 2.05) is 55.5 Å². The van der Waals surface area contributed by atoms with Crippen LogP contribution in [-0.4, -0.2) is 57.8 Å². The molecular formula is C20H20N4O2. The van der Waals surface area contributed by atoms with Gasteiger partial charge in [-0.05, 0) is 37.3 Å². The summed E-state index contributed by atoms with van der Waals surface area (Å²) < 4.78 is 0. The first-order valence-corrected chi connectivity index (χ1v) is 8.72. The highest BCUT2D eigenvalue weighted by Gasteiger charge is 2.25. The first-order valence-electron chi connectivity index (χ1n) is 8.72. The molecule has 1 aromatic heterocycles. The van der Waals surface area contributed by atoms with E-state index in [-0.39, 0.29) is 11.8 Å². The van der Waals surface area contributed by atoms with Crippen molar-refractivity contribution in [3.63, 3.8) is 0 Å². The second-order valence-corrected chi connectivity index (χ2v) is 6.50. The number of piperazine rings is 1. The van der Waals surface area contributed by atoms with Crippen molar-refractivity contribution in [2.24, 2.45) is 0 Å². The highest BCUT2D eigenvalue weighted by atomic mass is 16.2. The number of amides is 2. The smallest absolute Gasteiger partial charge is 0.254 e. The van der Waals surface area contributed by atoms with Gasteiger partial charge in [0.1, 0.15) is 5.82 Å². The quantitative estimate of drug-likeness (QED) is 0.773. The number of nitrogens with zero attached hydrogens (tertiary/aromatic N) is 3. The molecule has 0 atom stereocenters. The van der Waals surface area contributed by atoms with Gasteiger partial charge in [0.05, 0.1) is 11.0 Å². The molecule has 2 amide bonds. The van der Waals surface area contributed by atoms with Gasteiger partial charge in [-0.1, -0.05) is 18.2 Å². The van der Waals surface area contributed by atoms with Gasteiger partial charge in [-0.15, -0.1) is 0 Å². The van der Waals surface area contributed by atoms with Gasteiger partial charge < -0.3 is 14.8 Å². The lowest BCUT2D eigenvalue weighted by Crippen LogP contribution is -2.50. The number of hydrogen-bond donors (Lipinski definition) is 1. The van der Waals surface area contributed by atoms with Crippen molar-refractivity contribution in [2.45, 2.75) is 6.92 Å². The number of aromatic nitrogens is 2. The molecule has 1 aliphatic heterocycles. The minimum atomic E-state index is -0.00837. The van der Waals surface area contributed by atoms with Crippen LogP contribution >= 0.6 is 0 Å². The highest BCUT2D eigenvalue weighted by Crippen LogP contribution is 2.16. The second-order valence-electron chi connectivity index (χ2n) is 6.50. The van der Waals surface area contributed by atoms with Crippen molar-refractivity contribution in [1.29, 1.82) is 0 Å². The minimum absolute atomic E-state index is 0.00837. The van der Waals surface area contributed by atoms with Crippen LogP contribution in [0.15, 0.2) is 48.5 Å². The SMILES string of the molecule is Cc1nc2ccc(C(=O)N3CCN(C(=O)c4ccccc4)CC3)cc2[nH]1. The Hall–Kier alpha value is -3.15. The number of benzene rings is 2. The Morgan fingerprint density at radius 1 is 0.885 bits per heavy atom. The Kier molecular flexibility index (Phi) is 4.16. The number of imidazole rings is 1. The Morgan fingerprint density at radius 2 is 1.50 bits per heavy atom. The highest BCUT2D eigenvalue weighted by molar-refractivity contribution is 5.98. The monoisotopic (exact) mass is 348 g/mol. The number of aryl methyl sites for hydroxylation is 1. The van der Waals surface area contributed by atoms with Gasteiger partial charge >= 0.3 is 0 Å². The summed E-state index contributed by atoms with van der Waals surface area (Å²) in [6.45, 7) is 4.06. The van der Waals surface area contributed by atoms with Crippen LogP contribution < -0.4 is 0 Å². The number of aromatic amines is 1. The number of fused-ring (bicyclic) bond motifs is 1. The summed E-state index contributed by atoms with van der Waals surface area (Å²) in [4.78, 5) is 36.4. The molecule has 2 aromatic carbocycles. The molecule has 4 rings (SSSR count). The van der Waals surface area contributed by atoms with E-state index < -0.39 is 0 Å². The topological polar surface area (TPSA) is 69.3 Å². The zero-order chi connectivity index (χ0) is 18.1. The van der Waals surface area contributed by atoms with Crippen LogP contribution in [0, 0.1) is 6.92 Å². The summed E-state index contributed by atoms with van der Waals surface area (Å²) in [5, 5.41) is 0. The molecule has 26 heavy (non-hydrogen) atoms. The van der Waals surface area contributed by atoms with E-state index in [0.717, 1.165) is 16.9 Å². The third-order valence-corrected chi connectivity index (χ3v) is 4.72. The first-order chi connectivity index (χ1) is 12.6. The van der Waals surface area contributed by atoms with Gasteiger partial charge in [0.25, 0.3) is 11.8 Å². The zero-order valence-corrected chi connectivity index (χ0v) is 14.6. The van der Waals surface area contributed by atoms with Crippen LogP contribution in [0.3, 0.4) is 0 Å².